The van der Waals surface area contributed by atoms with Crippen LogP contribution in [0.5, 0.6) is 0 Å². The van der Waals surface area contributed by atoms with Gasteiger partial charge in [0.15, 0.2) is 0 Å². The standard InChI is InChI=1S/C12H11Cl2NO4/c13-8-2-1-6(3-9(8)14)11(16)15-10-5-19-4-7(10)12(17)18/h1-3,7,10H,4-5H2,(H,15,16)(H,17,18). The fourth-order valence-electron chi connectivity index (χ4n) is 1.83. The zero-order valence-electron chi connectivity index (χ0n) is 9.73. The molecule has 2 N–H and O–H groups in total. The fourth-order valence-corrected chi connectivity index (χ4v) is 2.13. The molecule has 5 nitrogen and oxygen atoms in total. The summed E-state index contributed by atoms with van der Waals surface area (Å²) in [5, 5.41) is 12.2. The molecule has 0 bridgehead atoms. The van der Waals surface area contributed by atoms with Crippen LogP contribution in [0.1, 0.15) is 10.4 Å². The zero-order valence-corrected chi connectivity index (χ0v) is 11.2. The molecule has 1 aliphatic rings. The van der Waals surface area contributed by atoms with Gasteiger partial charge in [0.25, 0.3) is 5.91 Å². The number of rotatable bonds is 3. The van der Waals surface area contributed by atoms with Gasteiger partial charge < -0.3 is 15.2 Å². The normalized spacial score (nSPS) is 22.2. The van der Waals surface area contributed by atoms with Crippen LogP contribution in [-0.2, 0) is 9.53 Å². The third kappa shape index (κ3) is 3.18. The minimum atomic E-state index is -0.989. The van der Waals surface area contributed by atoms with E-state index in [9.17, 15) is 9.59 Å². The summed E-state index contributed by atoms with van der Waals surface area (Å²) in [6.45, 7) is 0.283. The predicted molar refractivity (Wildman–Crippen MR) is 69.7 cm³/mol. The summed E-state index contributed by atoms with van der Waals surface area (Å²) in [6, 6.07) is 3.93. The predicted octanol–water partition coefficient (Wildman–Crippen LogP) is 1.82. The van der Waals surface area contributed by atoms with Gasteiger partial charge in [0.2, 0.25) is 0 Å². The third-order valence-electron chi connectivity index (χ3n) is 2.90. The maximum Gasteiger partial charge on any atom is 0.311 e. The van der Waals surface area contributed by atoms with Crippen LogP contribution in [0.25, 0.3) is 0 Å². The molecule has 1 aromatic rings. The third-order valence-corrected chi connectivity index (χ3v) is 3.64. The van der Waals surface area contributed by atoms with Gasteiger partial charge in [0.05, 0.1) is 29.3 Å². The molecule has 7 heteroatoms. The van der Waals surface area contributed by atoms with E-state index in [1.54, 1.807) is 0 Å². The Morgan fingerprint density at radius 2 is 2.00 bits per heavy atom. The quantitative estimate of drug-likeness (QED) is 0.893. The second kappa shape index (κ2) is 5.77. The SMILES string of the molecule is O=C(NC1COCC1C(=O)O)c1ccc(Cl)c(Cl)c1. The number of carboxylic acids is 1. The molecule has 1 saturated heterocycles. The average molecular weight is 304 g/mol. The van der Waals surface area contributed by atoms with Gasteiger partial charge in [-0.25, -0.2) is 0 Å². The first-order chi connectivity index (χ1) is 8.99. The second-order valence-corrected chi connectivity index (χ2v) is 5.01. The number of nitrogens with one attached hydrogen (secondary N) is 1. The summed E-state index contributed by atoms with van der Waals surface area (Å²) < 4.78 is 5.07. The Kier molecular flexibility index (Phi) is 4.29. The van der Waals surface area contributed by atoms with Crippen molar-refractivity contribution in [1.82, 2.24) is 5.32 Å². The van der Waals surface area contributed by atoms with E-state index in [0.717, 1.165) is 0 Å². The molecular weight excluding hydrogens is 293 g/mol. The summed E-state index contributed by atoms with van der Waals surface area (Å²) >= 11 is 11.6. The van der Waals surface area contributed by atoms with Crippen molar-refractivity contribution in [2.75, 3.05) is 13.2 Å². The van der Waals surface area contributed by atoms with Crippen LogP contribution in [0, 0.1) is 5.92 Å². The van der Waals surface area contributed by atoms with Crippen molar-refractivity contribution >= 4 is 35.1 Å². The van der Waals surface area contributed by atoms with Crippen molar-refractivity contribution in [3.05, 3.63) is 33.8 Å². The molecular formula is C12H11Cl2NO4. The largest absolute Gasteiger partial charge is 0.481 e. The van der Waals surface area contributed by atoms with Gasteiger partial charge in [-0.15, -0.1) is 0 Å². The Labute approximate surface area is 119 Å². The van der Waals surface area contributed by atoms with Crippen LogP contribution < -0.4 is 5.32 Å². The number of carboxylic acid groups (broad SMARTS) is 1. The summed E-state index contributed by atoms with van der Waals surface area (Å²) in [6.07, 6.45) is 0. The van der Waals surface area contributed by atoms with Crippen molar-refractivity contribution in [3.8, 4) is 0 Å². The van der Waals surface area contributed by atoms with E-state index < -0.39 is 23.8 Å². The van der Waals surface area contributed by atoms with E-state index in [-0.39, 0.29) is 18.2 Å². The molecule has 1 amide bonds. The molecule has 1 aromatic carbocycles. The van der Waals surface area contributed by atoms with E-state index in [4.69, 9.17) is 33.0 Å². The summed E-state index contributed by atoms with van der Waals surface area (Å²) in [7, 11) is 0. The summed E-state index contributed by atoms with van der Waals surface area (Å²) in [5.74, 6) is -2.12. The molecule has 19 heavy (non-hydrogen) atoms. The first-order valence-corrected chi connectivity index (χ1v) is 6.31. The smallest absolute Gasteiger partial charge is 0.311 e. The molecule has 2 rings (SSSR count). The lowest BCUT2D eigenvalue weighted by Gasteiger charge is -2.15. The number of carbonyl (C=O) groups is 2. The zero-order chi connectivity index (χ0) is 14.0. The molecule has 1 aliphatic heterocycles. The number of carbonyl (C=O) groups excluding carboxylic acids is 1. The van der Waals surface area contributed by atoms with Gasteiger partial charge in [0.1, 0.15) is 5.92 Å². The Morgan fingerprint density at radius 3 is 2.63 bits per heavy atom. The van der Waals surface area contributed by atoms with E-state index in [1.165, 1.54) is 18.2 Å². The first-order valence-electron chi connectivity index (χ1n) is 5.55. The number of halogens is 2. The molecule has 0 aliphatic carbocycles. The Bertz CT molecular complexity index is 520. The maximum atomic E-state index is 12.0. The summed E-state index contributed by atoms with van der Waals surface area (Å²) in [4.78, 5) is 22.9. The first kappa shape index (κ1) is 14.1. The van der Waals surface area contributed by atoms with Crippen molar-refractivity contribution in [1.29, 1.82) is 0 Å². The van der Waals surface area contributed by atoms with E-state index in [0.29, 0.717) is 10.6 Å². The number of hydrogen-bond acceptors (Lipinski definition) is 3. The molecule has 0 spiro atoms. The lowest BCUT2D eigenvalue weighted by atomic mass is 10.0. The van der Waals surface area contributed by atoms with Crippen LogP contribution in [0.2, 0.25) is 10.0 Å². The number of ether oxygens (including phenoxy) is 1. The van der Waals surface area contributed by atoms with Crippen molar-refractivity contribution < 1.29 is 19.4 Å². The number of aliphatic carboxylic acids is 1. The Balaban J connectivity index is 2.08. The number of benzene rings is 1. The Hall–Kier alpha value is -1.30. The highest BCUT2D eigenvalue weighted by Crippen LogP contribution is 2.23. The minimum Gasteiger partial charge on any atom is -0.481 e. The van der Waals surface area contributed by atoms with E-state index >= 15 is 0 Å². The van der Waals surface area contributed by atoms with Gasteiger partial charge in [-0.2, -0.15) is 0 Å². The molecule has 102 valence electrons. The lowest BCUT2D eigenvalue weighted by Crippen LogP contribution is -2.42. The number of amides is 1. The molecule has 1 fully saturated rings. The molecule has 1 heterocycles. The summed E-state index contributed by atoms with van der Waals surface area (Å²) in [5.41, 5.74) is 0.324. The number of hydrogen-bond donors (Lipinski definition) is 2. The van der Waals surface area contributed by atoms with Crippen LogP contribution in [0.15, 0.2) is 18.2 Å². The van der Waals surface area contributed by atoms with Crippen LogP contribution >= 0.6 is 23.2 Å². The van der Waals surface area contributed by atoms with Gasteiger partial charge in [-0.05, 0) is 18.2 Å². The van der Waals surface area contributed by atoms with E-state index in [2.05, 4.69) is 5.32 Å². The molecule has 2 atom stereocenters. The van der Waals surface area contributed by atoms with Gasteiger partial charge in [-0.3, -0.25) is 9.59 Å². The van der Waals surface area contributed by atoms with Crippen molar-refractivity contribution in [2.45, 2.75) is 6.04 Å². The molecule has 0 saturated carbocycles. The highest BCUT2D eigenvalue weighted by molar-refractivity contribution is 6.42. The maximum absolute atomic E-state index is 12.0. The average Bonchev–Trinajstić information content (AvgIpc) is 2.80. The fraction of sp³-hybridized carbons (Fsp3) is 0.333. The molecule has 0 radical (unpaired) electrons. The van der Waals surface area contributed by atoms with Crippen LogP contribution in [0.3, 0.4) is 0 Å². The molecule has 2 unspecified atom stereocenters. The van der Waals surface area contributed by atoms with Crippen LogP contribution in [0.4, 0.5) is 0 Å². The van der Waals surface area contributed by atoms with Gasteiger partial charge >= 0.3 is 5.97 Å². The lowest BCUT2D eigenvalue weighted by molar-refractivity contribution is -0.142. The van der Waals surface area contributed by atoms with Gasteiger partial charge in [-0.1, -0.05) is 23.2 Å². The Morgan fingerprint density at radius 1 is 1.26 bits per heavy atom. The minimum absolute atomic E-state index is 0.0989. The van der Waals surface area contributed by atoms with Crippen LogP contribution in [-0.4, -0.2) is 36.2 Å². The van der Waals surface area contributed by atoms with Crippen molar-refractivity contribution in [2.24, 2.45) is 5.92 Å². The highest BCUT2D eigenvalue weighted by Gasteiger charge is 2.35. The highest BCUT2D eigenvalue weighted by atomic mass is 35.5. The second-order valence-electron chi connectivity index (χ2n) is 4.19. The topological polar surface area (TPSA) is 75.6 Å². The van der Waals surface area contributed by atoms with Gasteiger partial charge in [0, 0.05) is 5.56 Å². The van der Waals surface area contributed by atoms with E-state index in [1.807, 2.05) is 0 Å². The van der Waals surface area contributed by atoms with Crippen molar-refractivity contribution in [3.63, 3.8) is 0 Å². The monoisotopic (exact) mass is 303 g/mol. The molecule has 0 aromatic heterocycles.